The van der Waals surface area contributed by atoms with Crippen molar-refractivity contribution in [3.05, 3.63) is 30.1 Å². The second-order valence-corrected chi connectivity index (χ2v) is 3.47. The van der Waals surface area contributed by atoms with Crippen LogP contribution >= 0.6 is 0 Å². The van der Waals surface area contributed by atoms with E-state index < -0.39 is 0 Å². The third-order valence-corrected chi connectivity index (χ3v) is 2.15. The highest BCUT2D eigenvalue weighted by Gasteiger charge is 2.00. The van der Waals surface area contributed by atoms with Crippen molar-refractivity contribution in [3.63, 3.8) is 0 Å². The third kappa shape index (κ3) is 4.35. The summed E-state index contributed by atoms with van der Waals surface area (Å²) < 4.78 is 0. The topological polar surface area (TPSA) is 45.1 Å². The molecule has 0 aliphatic carbocycles. The molecule has 0 saturated heterocycles. The molecule has 0 unspecified atom stereocenters. The molecule has 14 heavy (non-hydrogen) atoms. The minimum absolute atomic E-state index is 0.273. The second-order valence-electron chi connectivity index (χ2n) is 3.47. The van der Waals surface area contributed by atoms with E-state index in [4.69, 9.17) is 5.11 Å². The van der Waals surface area contributed by atoms with Gasteiger partial charge in [0.25, 0.3) is 0 Å². The zero-order valence-electron chi connectivity index (χ0n) is 8.61. The Hall–Kier alpha value is -0.930. The zero-order valence-corrected chi connectivity index (χ0v) is 8.61. The summed E-state index contributed by atoms with van der Waals surface area (Å²) in [6.07, 6.45) is 3.66. The number of nitrogens with one attached hydrogen (secondary N) is 1. The first-order valence-corrected chi connectivity index (χ1v) is 5.07. The molecule has 0 fully saturated rings. The fourth-order valence-corrected chi connectivity index (χ4v) is 1.28. The molecule has 78 valence electrons. The maximum atomic E-state index is 8.66. The van der Waals surface area contributed by atoms with Gasteiger partial charge in [0.05, 0.1) is 5.69 Å². The zero-order chi connectivity index (χ0) is 10.2. The van der Waals surface area contributed by atoms with Crippen LogP contribution in [0.1, 0.15) is 25.5 Å². The van der Waals surface area contributed by atoms with Crippen molar-refractivity contribution in [1.82, 2.24) is 10.3 Å². The molecule has 0 aromatic carbocycles. The highest BCUT2D eigenvalue weighted by atomic mass is 16.2. The molecule has 0 aliphatic heterocycles. The SMILES string of the molecule is C[C@H](CCCO)NCc1ccccn1. The number of aliphatic hydroxyl groups is 1. The van der Waals surface area contributed by atoms with E-state index in [1.807, 2.05) is 18.2 Å². The van der Waals surface area contributed by atoms with E-state index in [1.54, 1.807) is 6.20 Å². The van der Waals surface area contributed by atoms with E-state index in [-0.39, 0.29) is 6.61 Å². The standard InChI is InChI=1S/C11H18N2O/c1-10(5-4-8-14)13-9-11-6-2-3-7-12-11/h2-3,6-7,10,13-14H,4-5,8-9H2,1H3/t10-/m1/s1. The average Bonchev–Trinajstić information content (AvgIpc) is 2.25. The van der Waals surface area contributed by atoms with Crippen LogP contribution in [0.25, 0.3) is 0 Å². The van der Waals surface area contributed by atoms with Crippen LogP contribution in [0, 0.1) is 0 Å². The molecular weight excluding hydrogens is 176 g/mol. The summed E-state index contributed by atoms with van der Waals surface area (Å²) >= 11 is 0. The molecule has 1 rings (SSSR count). The van der Waals surface area contributed by atoms with Crippen LogP contribution in [0.5, 0.6) is 0 Å². The Kier molecular flexibility index (Phi) is 5.19. The molecule has 0 spiro atoms. The molecule has 0 bridgehead atoms. The minimum atomic E-state index is 0.273. The Morgan fingerprint density at radius 1 is 1.50 bits per heavy atom. The first-order chi connectivity index (χ1) is 6.83. The van der Waals surface area contributed by atoms with E-state index in [2.05, 4.69) is 17.2 Å². The van der Waals surface area contributed by atoms with Gasteiger partial charge in [-0.05, 0) is 31.9 Å². The lowest BCUT2D eigenvalue weighted by molar-refractivity contribution is 0.276. The van der Waals surface area contributed by atoms with Crippen molar-refractivity contribution in [3.8, 4) is 0 Å². The molecule has 1 heterocycles. The first kappa shape index (κ1) is 11.1. The Bertz CT molecular complexity index is 238. The number of rotatable bonds is 6. The van der Waals surface area contributed by atoms with Gasteiger partial charge in [-0.1, -0.05) is 6.07 Å². The summed E-state index contributed by atoms with van der Waals surface area (Å²) in [5.41, 5.74) is 1.06. The van der Waals surface area contributed by atoms with Gasteiger partial charge in [-0.25, -0.2) is 0 Å². The highest BCUT2D eigenvalue weighted by Crippen LogP contribution is 1.98. The van der Waals surface area contributed by atoms with Crippen molar-refractivity contribution in [2.75, 3.05) is 6.61 Å². The summed E-state index contributed by atoms with van der Waals surface area (Å²) in [5, 5.41) is 12.0. The van der Waals surface area contributed by atoms with Crippen molar-refractivity contribution in [2.45, 2.75) is 32.4 Å². The molecule has 1 aromatic rings. The second kappa shape index (κ2) is 6.51. The lowest BCUT2D eigenvalue weighted by Gasteiger charge is -2.12. The lowest BCUT2D eigenvalue weighted by atomic mass is 10.2. The van der Waals surface area contributed by atoms with E-state index in [9.17, 15) is 0 Å². The minimum Gasteiger partial charge on any atom is -0.396 e. The number of aromatic nitrogens is 1. The molecular formula is C11H18N2O. The summed E-state index contributed by atoms with van der Waals surface area (Å²) in [6, 6.07) is 6.34. The Labute approximate surface area is 85.2 Å². The molecule has 1 aromatic heterocycles. The third-order valence-electron chi connectivity index (χ3n) is 2.15. The Balaban J connectivity index is 2.20. The van der Waals surface area contributed by atoms with E-state index in [1.165, 1.54) is 0 Å². The van der Waals surface area contributed by atoms with Crippen LogP contribution in [0.2, 0.25) is 0 Å². The molecule has 0 amide bonds. The van der Waals surface area contributed by atoms with Gasteiger partial charge in [0, 0.05) is 25.4 Å². The van der Waals surface area contributed by atoms with Gasteiger partial charge in [-0.15, -0.1) is 0 Å². The summed E-state index contributed by atoms with van der Waals surface area (Å²) in [4.78, 5) is 4.22. The first-order valence-electron chi connectivity index (χ1n) is 5.07. The van der Waals surface area contributed by atoms with Crippen molar-refractivity contribution in [1.29, 1.82) is 0 Å². The Morgan fingerprint density at radius 2 is 2.36 bits per heavy atom. The predicted octanol–water partition coefficient (Wildman–Crippen LogP) is 1.33. The molecule has 0 saturated carbocycles. The summed E-state index contributed by atoms with van der Waals surface area (Å²) in [5.74, 6) is 0. The predicted molar refractivity (Wildman–Crippen MR) is 56.9 cm³/mol. The van der Waals surface area contributed by atoms with E-state index >= 15 is 0 Å². The molecule has 1 atom stereocenters. The number of hydrogen-bond acceptors (Lipinski definition) is 3. The van der Waals surface area contributed by atoms with Crippen LogP contribution in [-0.4, -0.2) is 22.7 Å². The van der Waals surface area contributed by atoms with Crippen LogP contribution in [0.3, 0.4) is 0 Å². The van der Waals surface area contributed by atoms with Gasteiger partial charge < -0.3 is 10.4 Å². The maximum Gasteiger partial charge on any atom is 0.0541 e. The molecule has 0 radical (unpaired) electrons. The highest BCUT2D eigenvalue weighted by molar-refractivity contribution is 5.02. The van der Waals surface area contributed by atoms with Crippen molar-refractivity contribution in [2.24, 2.45) is 0 Å². The van der Waals surface area contributed by atoms with Gasteiger partial charge in [0.1, 0.15) is 0 Å². The quantitative estimate of drug-likeness (QED) is 0.718. The smallest absolute Gasteiger partial charge is 0.0541 e. The summed E-state index contributed by atoms with van der Waals surface area (Å²) in [7, 11) is 0. The number of aliphatic hydroxyl groups excluding tert-OH is 1. The van der Waals surface area contributed by atoms with Crippen LogP contribution in [0.4, 0.5) is 0 Å². The van der Waals surface area contributed by atoms with Crippen LogP contribution in [-0.2, 0) is 6.54 Å². The summed E-state index contributed by atoms with van der Waals surface area (Å²) in [6.45, 7) is 3.20. The van der Waals surface area contributed by atoms with Crippen molar-refractivity contribution >= 4 is 0 Å². The number of nitrogens with zero attached hydrogens (tertiary/aromatic N) is 1. The molecule has 2 N–H and O–H groups in total. The van der Waals surface area contributed by atoms with Crippen LogP contribution < -0.4 is 5.32 Å². The van der Waals surface area contributed by atoms with Gasteiger partial charge in [-0.3, -0.25) is 4.98 Å². The monoisotopic (exact) mass is 194 g/mol. The molecule has 0 aliphatic rings. The van der Waals surface area contributed by atoms with Crippen LogP contribution in [0.15, 0.2) is 24.4 Å². The van der Waals surface area contributed by atoms with Gasteiger partial charge in [0.15, 0.2) is 0 Å². The maximum absolute atomic E-state index is 8.66. The van der Waals surface area contributed by atoms with Crippen molar-refractivity contribution < 1.29 is 5.11 Å². The number of pyridine rings is 1. The van der Waals surface area contributed by atoms with Gasteiger partial charge in [0.2, 0.25) is 0 Å². The van der Waals surface area contributed by atoms with Gasteiger partial charge in [-0.2, -0.15) is 0 Å². The van der Waals surface area contributed by atoms with Gasteiger partial charge >= 0.3 is 0 Å². The normalized spacial score (nSPS) is 12.7. The van der Waals surface area contributed by atoms with E-state index in [0.29, 0.717) is 6.04 Å². The van der Waals surface area contributed by atoms with E-state index in [0.717, 1.165) is 25.1 Å². The largest absolute Gasteiger partial charge is 0.396 e. The number of hydrogen-bond donors (Lipinski definition) is 2. The average molecular weight is 194 g/mol. The Morgan fingerprint density at radius 3 is 3.00 bits per heavy atom. The fourth-order valence-electron chi connectivity index (χ4n) is 1.28. The lowest BCUT2D eigenvalue weighted by Crippen LogP contribution is -2.25. The fraction of sp³-hybridized carbons (Fsp3) is 0.545. The molecule has 3 heteroatoms. The molecule has 3 nitrogen and oxygen atoms in total.